The molecular formula is C77H128O6. The first-order chi connectivity index (χ1) is 41.0. The van der Waals surface area contributed by atoms with Gasteiger partial charge in [0.05, 0.1) is 0 Å². The predicted octanol–water partition coefficient (Wildman–Crippen LogP) is 24.1. The zero-order valence-electron chi connectivity index (χ0n) is 54.2. The Morgan fingerprint density at radius 3 is 0.795 bits per heavy atom. The molecule has 0 rings (SSSR count). The molecule has 0 aliphatic carbocycles. The van der Waals surface area contributed by atoms with Crippen LogP contribution in [0.2, 0.25) is 0 Å². The van der Waals surface area contributed by atoms with Crippen LogP contribution in [0.4, 0.5) is 0 Å². The third-order valence-corrected chi connectivity index (χ3v) is 14.6. The fraction of sp³-hybridized carbons (Fsp3) is 0.675. The molecule has 6 nitrogen and oxygen atoms in total. The second-order valence-corrected chi connectivity index (χ2v) is 22.7. The number of rotatable bonds is 62. The van der Waals surface area contributed by atoms with Crippen molar-refractivity contribution in [1.82, 2.24) is 0 Å². The van der Waals surface area contributed by atoms with Gasteiger partial charge in [-0.2, -0.15) is 0 Å². The fourth-order valence-corrected chi connectivity index (χ4v) is 9.43. The van der Waals surface area contributed by atoms with Crippen LogP contribution in [0.25, 0.3) is 0 Å². The van der Waals surface area contributed by atoms with Gasteiger partial charge in [-0.15, -0.1) is 0 Å². The molecule has 472 valence electrons. The Labute approximate surface area is 513 Å². The van der Waals surface area contributed by atoms with E-state index in [4.69, 9.17) is 14.2 Å². The SMILES string of the molecule is CC/C=C\C/C=C\C/C=C\C/C=C\C/C=C\C/C=C\C/C=C\C/C=C\CCCCC(=O)OCC(COC(=O)CCCCCCC/C=C\C/C=C\CCCCC)OC(=O)CCCCCCCCCCCCC/C=C\CCCCCCCCCC. The number of hydrogen-bond acceptors (Lipinski definition) is 6. The second-order valence-electron chi connectivity index (χ2n) is 22.7. The monoisotopic (exact) mass is 1150 g/mol. The van der Waals surface area contributed by atoms with E-state index >= 15 is 0 Å². The van der Waals surface area contributed by atoms with Gasteiger partial charge < -0.3 is 14.2 Å². The summed E-state index contributed by atoms with van der Waals surface area (Å²) in [5.74, 6) is -0.954. The van der Waals surface area contributed by atoms with Crippen LogP contribution in [0.5, 0.6) is 0 Å². The number of unbranched alkanes of at least 4 members (excludes halogenated alkanes) is 29. The highest BCUT2D eigenvalue weighted by Crippen LogP contribution is 2.16. The van der Waals surface area contributed by atoms with E-state index in [-0.39, 0.29) is 31.1 Å². The molecular weight excluding hydrogens is 1020 g/mol. The molecule has 6 heteroatoms. The molecule has 0 fully saturated rings. The summed E-state index contributed by atoms with van der Waals surface area (Å²) >= 11 is 0. The maximum Gasteiger partial charge on any atom is 0.306 e. The number of hydrogen-bond donors (Lipinski definition) is 0. The van der Waals surface area contributed by atoms with Crippen LogP contribution < -0.4 is 0 Å². The van der Waals surface area contributed by atoms with Gasteiger partial charge >= 0.3 is 17.9 Å². The highest BCUT2D eigenvalue weighted by Gasteiger charge is 2.19. The lowest BCUT2D eigenvalue weighted by molar-refractivity contribution is -0.167. The molecule has 1 atom stereocenters. The molecule has 1 unspecified atom stereocenters. The minimum atomic E-state index is -0.809. The van der Waals surface area contributed by atoms with Crippen molar-refractivity contribution in [1.29, 1.82) is 0 Å². The number of allylic oxidation sites excluding steroid dienone is 22. The van der Waals surface area contributed by atoms with E-state index in [2.05, 4.69) is 154 Å². The highest BCUT2D eigenvalue weighted by molar-refractivity contribution is 5.71. The topological polar surface area (TPSA) is 78.9 Å². The summed E-state index contributed by atoms with van der Waals surface area (Å²) in [4.78, 5) is 38.4. The molecule has 0 aliphatic heterocycles. The Bertz CT molecular complexity index is 1750. The molecule has 0 aromatic heterocycles. The summed E-state index contributed by atoms with van der Waals surface area (Å²) in [6, 6.07) is 0. The average Bonchev–Trinajstić information content (AvgIpc) is 3.49. The van der Waals surface area contributed by atoms with Gasteiger partial charge in [-0.05, 0) is 141 Å². The largest absolute Gasteiger partial charge is 0.462 e. The van der Waals surface area contributed by atoms with Crippen molar-refractivity contribution >= 4 is 17.9 Å². The lowest BCUT2D eigenvalue weighted by Crippen LogP contribution is -2.30. The summed E-state index contributed by atoms with van der Waals surface area (Å²) in [6.45, 7) is 6.47. The molecule has 0 aromatic carbocycles. The van der Waals surface area contributed by atoms with E-state index in [1.807, 2.05) is 0 Å². The zero-order chi connectivity index (χ0) is 59.9. The van der Waals surface area contributed by atoms with E-state index in [9.17, 15) is 14.4 Å². The van der Waals surface area contributed by atoms with Gasteiger partial charge in [0, 0.05) is 19.3 Å². The standard InChI is InChI=1S/C77H128O6/c1-4-7-10-13-16-19-22-25-28-30-32-34-36-37-38-39-41-42-44-46-49-52-55-58-61-64-67-70-76(79)82-73-74(72-81-75(78)69-66-63-60-57-54-51-48-27-24-21-18-15-12-9-6-3)83-77(80)71-68-65-62-59-56-53-50-47-45-43-40-35-33-31-29-26-23-20-17-14-11-8-5-2/h7,10,16,18-19,21,25,27-28,31-34,37-38,41-42,46,48-49,55,58,74H,4-6,8-9,11-15,17,20,22-24,26,29-30,35-36,39-40,43-45,47,50-54,56-57,59-73H2,1-3H3/b10-7-,19-16-,21-18-,28-25-,33-31-,34-32-,38-37-,42-41-,48-27-,49-46-,58-55-. The summed E-state index contributed by atoms with van der Waals surface area (Å²) in [6.07, 6.45) is 99.0. The zero-order valence-corrected chi connectivity index (χ0v) is 54.2. The Kier molecular flexibility index (Phi) is 66.3. The number of ether oxygens (including phenoxy) is 3. The highest BCUT2D eigenvalue weighted by atomic mass is 16.6. The average molecular weight is 1150 g/mol. The van der Waals surface area contributed by atoms with Crippen molar-refractivity contribution < 1.29 is 28.6 Å². The van der Waals surface area contributed by atoms with Crippen LogP contribution in [0.15, 0.2) is 134 Å². The lowest BCUT2D eigenvalue weighted by atomic mass is 10.0. The van der Waals surface area contributed by atoms with Gasteiger partial charge in [-0.1, -0.05) is 289 Å². The number of carbonyl (C=O) groups is 3. The molecule has 0 bridgehead atoms. The van der Waals surface area contributed by atoms with Gasteiger partial charge in [0.2, 0.25) is 0 Å². The smallest absolute Gasteiger partial charge is 0.306 e. The van der Waals surface area contributed by atoms with Crippen molar-refractivity contribution in [2.75, 3.05) is 13.2 Å². The van der Waals surface area contributed by atoms with E-state index in [1.165, 1.54) is 141 Å². The van der Waals surface area contributed by atoms with Crippen molar-refractivity contribution in [3.05, 3.63) is 134 Å². The lowest BCUT2D eigenvalue weighted by Gasteiger charge is -2.18. The van der Waals surface area contributed by atoms with Crippen LogP contribution in [0.3, 0.4) is 0 Å². The van der Waals surface area contributed by atoms with Gasteiger partial charge in [-0.25, -0.2) is 0 Å². The van der Waals surface area contributed by atoms with E-state index in [0.29, 0.717) is 25.7 Å². The molecule has 0 aromatic rings. The minimum Gasteiger partial charge on any atom is -0.462 e. The van der Waals surface area contributed by atoms with Crippen LogP contribution >= 0.6 is 0 Å². The van der Waals surface area contributed by atoms with Crippen LogP contribution in [0.1, 0.15) is 316 Å². The third-order valence-electron chi connectivity index (χ3n) is 14.6. The van der Waals surface area contributed by atoms with E-state index in [1.54, 1.807) is 0 Å². The van der Waals surface area contributed by atoms with Crippen LogP contribution in [0, 0.1) is 0 Å². The van der Waals surface area contributed by atoms with Gasteiger partial charge in [0.1, 0.15) is 13.2 Å². The minimum absolute atomic E-state index is 0.102. The quantitative estimate of drug-likeness (QED) is 0.0261. The molecule has 83 heavy (non-hydrogen) atoms. The van der Waals surface area contributed by atoms with Gasteiger partial charge in [0.15, 0.2) is 6.10 Å². The predicted molar refractivity (Wildman–Crippen MR) is 362 cm³/mol. The maximum atomic E-state index is 13.0. The normalized spacial score (nSPS) is 13.0. The number of carbonyl (C=O) groups excluding carboxylic acids is 3. The van der Waals surface area contributed by atoms with Crippen LogP contribution in [-0.4, -0.2) is 37.2 Å². The Balaban J connectivity index is 4.45. The van der Waals surface area contributed by atoms with Gasteiger partial charge in [-0.3, -0.25) is 14.4 Å². The summed E-state index contributed by atoms with van der Waals surface area (Å²) < 4.78 is 16.9. The second kappa shape index (κ2) is 70.0. The van der Waals surface area contributed by atoms with E-state index < -0.39 is 6.10 Å². The summed E-state index contributed by atoms with van der Waals surface area (Å²) in [5.41, 5.74) is 0. The molecule has 0 radical (unpaired) electrons. The van der Waals surface area contributed by atoms with Crippen molar-refractivity contribution in [3.8, 4) is 0 Å². The third kappa shape index (κ3) is 68.2. The number of esters is 3. The van der Waals surface area contributed by atoms with E-state index in [0.717, 1.165) is 128 Å². The molecule has 0 saturated heterocycles. The molecule has 0 heterocycles. The fourth-order valence-electron chi connectivity index (χ4n) is 9.43. The van der Waals surface area contributed by atoms with Crippen molar-refractivity contribution in [3.63, 3.8) is 0 Å². The first-order valence-corrected chi connectivity index (χ1v) is 34.7. The maximum absolute atomic E-state index is 13.0. The molecule has 0 amide bonds. The van der Waals surface area contributed by atoms with Crippen LogP contribution in [-0.2, 0) is 28.6 Å². The molecule has 0 N–H and O–H groups in total. The van der Waals surface area contributed by atoms with Gasteiger partial charge in [0.25, 0.3) is 0 Å². The molecule has 0 saturated carbocycles. The molecule has 0 aliphatic rings. The first kappa shape index (κ1) is 78.5. The van der Waals surface area contributed by atoms with Crippen molar-refractivity contribution in [2.45, 2.75) is 322 Å². The molecule has 0 spiro atoms. The Morgan fingerprint density at radius 2 is 0.470 bits per heavy atom. The van der Waals surface area contributed by atoms with Crippen molar-refractivity contribution in [2.24, 2.45) is 0 Å². The summed E-state index contributed by atoms with van der Waals surface area (Å²) in [7, 11) is 0. The Hall–Kier alpha value is -4.45. The first-order valence-electron chi connectivity index (χ1n) is 34.7. The summed E-state index contributed by atoms with van der Waals surface area (Å²) in [5, 5.41) is 0. The Morgan fingerprint density at radius 1 is 0.253 bits per heavy atom.